The summed E-state index contributed by atoms with van der Waals surface area (Å²) in [4.78, 5) is 26.4. The van der Waals surface area contributed by atoms with Crippen molar-refractivity contribution in [2.45, 2.75) is 64.3 Å². The van der Waals surface area contributed by atoms with Crippen LogP contribution in [0.4, 0.5) is 11.8 Å². The van der Waals surface area contributed by atoms with Gasteiger partial charge in [-0.1, -0.05) is 19.3 Å². The van der Waals surface area contributed by atoms with Crippen LogP contribution >= 0.6 is 0 Å². The molecule has 6 nitrogen and oxygen atoms in total. The van der Waals surface area contributed by atoms with E-state index in [0.29, 0.717) is 17.9 Å². The number of nitrogens with zero attached hydrogens (tertiary/aromatic N) is 4. The monoisotopic (exact) mass is 343 g/mol. The fourth-order valence-electron chi connectivity index (χ4n) is 5.03. The second-order valence-electron chi connectivity index (χ2n) is 8.07. The second-order valence-corrected chi connectivity index (χ2v) is 8.07. The predicted octanol–water partition coefficient (Wildman–Crippen LogP) is 2.52. The van der Waals surface area contributed by atoms with Gasteiger partial charge in [-0.05, 0) is 39.0 Å². The van der Waals surface area contributed by atoms with Crippen molar-refractivity contribution in [3.8, 4) is 0 Å². The molecule has 0 aromatic carbocycles. The number of carbonyl (C=O) groups is 1. The lowest BCUT2D eigenvalue weighted by atomic mass is 9.77. The van der Waals surface area contributed by atoms with Crippen LogP contribution in [0.1, 0.15) is 57.1 Å². The van der Waals surface area contributed by atoms with Crippen molar-refractivity contribution in [1.82, 2.24) is 14.9 Å². The van der Waals surface area contributed by atoms with Crippen LogP contribution in [0.3, 0.4) is 0 Å². The highest BCUT2D eigenvalue weighted by molar-refractivity contribution is 5.85. The number of hydrogen-bond donors (Lipinski definition) is 1. The molecule has 1 aliphatic carbocycles. The first kappa shape index (κ1) is 16.6. The summed E-state index contributed by atoms with van der Waals surface area (Å²) in [6.45, 7) is 4.53. The molecule has 1 spiro atoms. The molecule has 1 atom stereocenters. The molecule has 1 amide bonds. The highest BCUT2D eigenvalue weighted by Gasteiger charge is 2.49. The molecule has 3 fully saturated rings. The van der Waals surface area contributed by atoms with Crippen molar-refractivity contribution in [3.63, 3.8) is 0 Å². The smallest absolute Gasteiger partial charge is 0.230 e. The van der Waals surface area contributed by atoms with Crippen molar-refractivity contribution >= 4 is 17.7 Å². The Morgan fingerprint density at radius 1 is 1.12 bits per heavy atom. The summed E-state index contributed by atoms with van der Waals surface area (Å²) in [6, 6.07) is 2.45. The van der Waals surface area contributed by atoms with Crippen LogP contribution in [0.15, 0.2) is 6.07 Å². The van der Waals surface area contributed by atoms with E-state index in [1.54, 1.807) is 0 Å². The number of nitrogens with two attached hydrogens (primary N) is 1. The molecule has 3 aliphatic rings. The predicted molar refractivity (Wildman–Crippen MR) is 98.3 cm³/mol. The van der Waals surface area contributed by atoms with E-state index in [1.807, 2.05) is 13.0 Å². The van der Waals surface area contributed by atoms with Crippen molar-refractivity contribution < 1.29 is 4.79 Å². The van der Waals surface area contributed by atoms with Gasteiger partial charge in [0.1, 0.15) is 5.82 Å². The summed E-state index contributed by atoms with van der Waals surface area (Å²) in [6.07, 6.45) is 9.30. The average molecular weight is 343 g/mol. The first-order valence-electron chi connectivity index (χ1n) is 9.75. The van der Waals surface area contributed by atoms with Crippen LogP contribution < -0.4 is 10.6 Å². The Bertz CT molecular complexity index is 637. The van der Waals surface area contributed by atoms with Crippen LogP contribution in [0.2, 0.25) is 0 Å². The fourth-order valence-corrected chi connectivity index (χ4v) is 5.03. The molecule has 6 heteroatoms. The van der Waals surface area contributed by atoms with E-state index in [2.05, 4.69) is 19.8 Å². The van der Waals surface area contributed by atoms with Crippen molar-refractivity contribution in [1.29, 1.82) is 0 Å². The lowest BCUT2D eigenvalue weighted by Crippen LogP contribution is -2.54. The maximum absolute atomic E-state index is 13.4. The van der Waals surface area contributed by atoms with Crippen LogP contribution in [-0.2, 0) is 4.79 Å². The van der Waals surface area contributed by atoms with Gasteiger partial charge in [-0.2, -0.15) is 4.98 Å². The third-order valence-corrected chi connectivity index (χ3v) is 6.32. The summed E-state index contributed by atoms with van der Waals surface area (Å²) < 4.78 is 0. The third kappa shape index (κ3) is 3.07. The van der Waals surface area contributed by atoms with Gasteiger partial charge in [-0.15, -0.1) is 0 Å². The van der Waals surface area contributed by atoms with Gasteiger partial charge < -0.3 is 15.5 Å². The first-order valence-corrected chi connectivity index (χ1v) is 9.75. The lowest BCUT2D eigenvalue weighted by molar-refractivity contribution is -0.148. The Balaban J connectivity index is 1.52. The summed E-state index contributed by atoms with van der Waals surface area (Å²) in [5.41, 5.74) is 6.48. The number of aromatic nitrogens is 2. The molecule has 1 aromatic rings. The van der Waals surface area contributed by atoms with E-state index < -0.39 is 0 Å². The highest BCUT2D eigenvalue weighted by Crippen LogP contribution is 2.43. The van der Waals surface area contributed by atoms with Gasteiger partial charge in [0.05, 0.1) is 5.41 Å². The Kier molecular flexibility index (Phi) is 4.29. The second kappa shape index (κ2) is 6.46. The van der Waals surface area contributed by atoms with E-state index in [4.69, 9.17) is 5.73 Å². The van der Waals surface area contributed by atoms with Gasteiger partial charge in [-0.25, -0.2) is 4.98 Å². The van der Waals surface area contributed by atoms with E-state index in [1.165, 1.54) is 32.1 Å². The van der Waals surface area contributed by atoms with Crippen LogP contribution in [-0.4, -0.2) is 46.5 Å². The van der Waals surface area contributed by atoms with E-state index in [0.717, 1.165) is 50.4 Å². The molecular weight excluding hydrogens is 314 g/mol. The maximum atomic E-state index is 13.4. The van der Waals surface area contributed by atoms with Gasteiger partial charge in [0.25, 0.3) is 0 Å². The maximum Gasteiger partial charge on any atom is 0.230 e. The lowest BCUT2D eigenvalue weighted by Gasteiger charge is -2.44. The third-order valence-electron chi connectivity index (χ3n) is 6.32. The molecule has 2 aliphatic heterocycles. The van der Waals surface area contributed by atoms with Crippen LogP contribution in [0.25, 0.3) is 0 Å². The minimum absolute atomic E-state index is 0.219. The Hall–Kier alpha value is -1.85. The number of rotatable bonds is 2. The number of anilines is 2. The quantitative estimate of drug-likeness (QED) is 0.893. The summed E-state index contributed by atoms with van der Waals surface area (Å²) in [7, 11) is 0. The zero-order valence-electron chi connectivity index (χ0n) is 15.2. The first-order chi connectivity index (χ1) is 12.1. The molecule has 0 radical (unpaired) electrons. The van der Waals surface area contributed by atoms with Crippen molar-refractivity contribution in [3.05, 3.63) is 11.8 Å². The van der Waals surface area contributed by atoms with E-state index in [9.17, 15) is 4.79 Å². The summed E-state index contributed by atoms with van der Waals surface area (Å²) >= 11 is 0. The molecular formula is C19H29N5O. The number of carbonyl (C=O) groups excluding carboxylic acids is 1. The minimum Gasteiger partial charge on any atom is -0.368 e. The summed E-state index contributed by atoms with van der Waals surface area (Å²) in [5, 5.41) is 0. The summed E-state index contributed by atoms with van der Waals surface area (Å²) in [5.74, 6) is 1.58. The van der Waals surface area contributed by atoms with Crippen molar-refractivity contribution in [2.24, 2.45) is 5.41 Å². The molecule has 1 aromatic heterocycles. The molecule has 0 unspecified atom stereocenters. The number of piperidine rings is 1. The Morgan fingerprint density at radius 2 is 1.92 bits per heavy atom. The van der Waals surface area contributed by atoms with Gasteiger partial charge in [0.15, 0.2) is 0 Å². The largest absolute Gasteiger partial charge is 0.368 e. The van der Waals surface area contributed by atoms with E-state index in [-0.39, 0.29) is 5.41 Å². The fraction of sp³-hybridized carbons (Fsp3) is 0.737. The van der Waals surface area contributed by atoms with Crippen molar-refractivity contribution in [2.75, 3.05) is 30.3 Å². The number of amides is 1. The number of nitrogen functional groups attached to an aromatic ring is 1. The molecule has 1 saturated carbocycles. The van der Waals surface area contributed by atoms with Gasteiger partial charge in [-0.3, -0.25) is 4.79 Å². The molecule has 25 heavy (non-hydrogen) atoms. The number of hydrogen-bond acceptors (Lipinski definition) is 5. The topological polar surface area (TPSA) is 75.3 Å². The average Bonchev–Trinajstić information content (AvgIpc) is 3.03. The standard InChI is InChI=1S/C19H29N5O/c1-14-12-16(22-18(20)21-14)23-11-9-19(13-23)8-5-10-24(17(19)25)15-6-3-2-4-7-15/h12,15H,2-11,13H2,1H3,(H2,20,21,22)/t19-/m1/s1. The van der Waals surface area contributed by atoms with Gasteiger partial charge in [0, 0.05) is 37.4 Å². The van der Waals surface area contributed by atoms with Crippen LogP contribution in [0, 0.1) is 12.3 Å². The SMILES string of the molecule is Cc1cc(N2CC[C@]3(CCCN(C4CCCCC4)C3=O)C2)nc(N)n1. The normalized spacial score (nSPS) is 28.1. The molecule has 2 N–H and O–H groups in total. The molecule has 136 valence electrons. The Labute approximate surface area is 149 Å². The molecule has 3 heterocycles. The van der Waals surface area contributed by atoms with Crippen LogP contribution in [0.5, 0.6) is 0 Å². The number of likely N-dealkylation sites (tertiary alicyclic amines) is 1. The Morgan fingerprint density at radius 3 is 2.68 bits per heavy atom. The zero-order valence-corrected chi connectivity index (χ0v) is 15.2. The van der Waals surface area contributed by atoms with Gasteiger partial charge in [0.2, 0.25) is 11.9 Å². The number of aryl methyl sites for hydroxylation is 1. The molecule has 0 bridgehead atoms. The highest BCUT2D eigenvalue weighted by atomic mass is 16.2. The zero-order chi connectivity index (χ0) is 17.4. The van der Waals surface area contributed by atoms with Gasteiger partial charge >= 0.3 is 0 Å². The molecule has 4 rings (SSSR count). The van der Waals surface area contributed by atoms with E-state index >= 15 is 0 Å². The molecule has 2 saturated heterocycles. The minimum atomic E-state index is -0.219.